The summed E-state index contributed by atoms with van der Waals surface area (Å²) in [6.07, 6.45) is 12.4. The van der Waals surface area contributed by atoms with Crippen LogP contribution < -0.4 is 0 Å². The number of likely N-dealkylation sites (tertiary alicyclic amines) is 1. The molecule has 1 aliphatic rings. The molecule has 2 unspecified atom stereocenters. The Morgan fingerprint density at radius 1 is 1.36 bits per heavy atom. The summed E-state index contributed by atoms with van der Waals surface area (Å²) < 4.78 is 4.64. The molecular formula is C21H33NO3. The summed E-state index contributed by atoms with van der Waals surface area (Å²) in [7, 11) is 1.42. The molecule has 1 aliphatic heterocycles. The first-order chi connectivity index (χ1) is 12.1. The summed E-state index contributed by atoms with van der Waals surface area (Å²) in [6, 6.07) is 0.257. The molecule has 1 fully saturated rings. The third-order valence-electron chi connectivity index (χ3n) is 4.66. The number of ether oxygens (including phenoxy) is 1. The number of rotatable bonds is 11. The van der Waals surface area contributed by atoms with Gasteiger partial charge >= 0.3 is 5.97 Å². The molecule has 4 heteroatoms. The van der Waals surface area contributed by atoms with Gasteiger partial charge in [0.15, 0.2) is 0 Å². The van der Waals surface area contributed by atoms with Gasteiger partial charge in [-0.15, -0.1) is 11.8 Å². The van der Waals surface area contributed by atoms with E-state index in [1.807, 2.05) is 11.8 Å². The molecule has 1 amide bonds. The molecule has 2 atom stereocenters. The van der Waals surface area contributed by atoms with Crippen LogP contribution in [-0.4, -0.2) is 36.5 Å². The number of allylic oxidation sites excluding steroid dienone is 1. The summed E-state index contributed by atoms with van der Waals surface area (Å²) >= 11 is 0. The van der Waals surface area contributed by atoms with Gasteiger partial charge in [-0.1, -0.05) is 31.9 Å². The highest BCUT2D eigenvalue weighted by molar-refractivity contribution is 5.79. The summed E-state index contributed by atoms with van der Waals surface area (Å²) in [4.78, 5) is 25.2. The Balaban J connectivity index is 2.27. The topological polar surface area (TPSA) is 46.6 Å². The standard InChI is InChI=1S/C21H33NO3/c1-4-5-11-18(2)12-10-13-19-15-16-20(23)22(19)17-9-7-6-8-14-21(24)25-3/h10,13,18-19H,6-9,11-12,14-17H2,1-3H3/b13-10+. The van der Waals surface area contributed by atoms with E-state index in [9.17, 15) is 9.59 Å². The normalized spacial score (nSPS) is 18.3. The Hall–Kier alpha value is -1.76. The van der Waals surface area contributed by atoms with Crippen molar-refractivity contribution in [2.75, 3.05) is 13.7 Å². The highest BCUT2D eigenvalue weighted by atomic mass is 16.5. The van der Waals surface area contributed by atoms with Crippen molar-refractivity contribution in [3.05, 3.63) is 12.2 Å². The molecule has 0 aromatic rings. The van der Waals surface area contributed by atoms with Crippen LogP contribution in [0.25, 0.3) is 0 Å². The SMILES string of the molecule is CC#CCC(C)C/C=C/C1CCC(=O)N1CCCCCCC(=O)OC. The van der Waals surface area contributed by atoms with Gasteiger partial charge < -0.3 is 9.64 Å². The fourth-order valence-electron chi connectivity index (χ4n) is 3.08. The van der Waals surface area contributed by atoms with Gasteiger partial charge in [-0.05, 0) is 38.5 Å². The van der Waals surface area contributed by atoms with Crippen LogP contribution in [-0.2, 0) is 14.3 Å². The minimum Gasteiger partial charge on any atom is -0.469 e. The number of carbonyl (C=O) groups is 2. The predicted octanol–water partition coefficient (Wildman–Crippen LogP) is 4.10. The van der Waals surface area contributed by atoms with E-state index in [1.165, 1.54) is 7.11 Å². The van der Waals surface area contributed by atoms with Crippen molar-refractivity contribution in [2.24, 2.45) is 5.92 Å². The first kappa shape index (κ1) is 21.3. The molecule has 0 aromatic heterocycles. The van der Waals surface area contributed by atoms with E-state index >= 15 is 0 Å². The first-order valence-corrected chi connectivity index (χ1v) is 9.51. The van der Waals surface area contributed by atoms with Crippen LogP contribution in [0.15, 0.2) is 12.2 Å². The Labute approximate surface area is 153 Å². The number of methoxy groups -OCH3 is 1. The van der Waals surface area contributed by atoms with Crippen molar-refractivity contribution in [1.29, 1.82) is 0 Å². The average Bonchev–Trinajstić information content (AvgIpc) is 2.95. The second kappa shape index (κ2) is 12.6. The minimum atomic E-state index is -0.140. The summed E-state index contributed by atoms with van der Waals surface area (Å²) in [5, 5.41) is 0. The van der Waals surface area contributed by atoms with Crippen molar-refractivity contribution in [3.63, 3.8) is 0 Å². The predicted molar refractivity (Wildman–Crippen MR) is 101 cm³/mol. The van der Waals surface area contributed by atoms with Crippen LogP contribution in [0.1, 0.15) is 71.6 Å². The molecule has 0 radical (unpaired) electrons. The van der Waals surface area contributed by atoms with E-state index in [2.05, 4.69) is 35.7 Å². The second-order valence-corrected chi connectivity index (χ2v) is 6.83. The van der Waals surface area contributed by atoms with E-state index in [-0.39, 0.29) is 17.9 Å². The lowest BCUT2D eigenvalue weighted by Crippen LogP contribution is -2.32. The highest BCUT2D eigenvalue weighted by Gasteiger charge is 2.28. The fourth-order valence-corrected chi connectivity index (χ4v) is 3.08. The summed E-state index contributed by atoms with van der Waals surface area (Å²) in [6.45, 7) is 4.91. The molecule has 25 heavy (non-hydrogen) atoms. The maximum atomic E-state index is 12.1. The van der Waals surface area contributed by atoms with E-state index in [1.54, 1.807) is 0 Å². The van der Waals surface area contributed by atoms with Crippen LogP contribution in [0.5, 0.6) is 0 Å². The number of esters is 1. The first-order valence-electron chi connectivity index (χ1n) is 9.51. The molecular weight excluding hydrogens is 314 g/mol. The van der Waals surface area contributed by atoms with Gasteiger partial charge in [0.1, 0.15) is 0 Å². The number of hydrogen-bond acceptors (Lipinski definition) is 3. The van der Waals surface area contributed by atoms with Crippen LogP contribution in [0.3, 0.4) is 0 Å². The Bertz CT molecular complexity index is 501. The minimum absolute atomic E-state index is 0.140. The third kappa shape index (κ3) is 8.77. The number of nitrogens with zero attached hydrogens (tertiary/aromatic N) is 1. The van der Waals surface area contributed by atoms with E-state index < -0.39 is 0 Å². The van der Waals surface area contributed by atoms with Gasteiger partial charge in [0, 0.05) is 25.8 Å². The number of amides is 1. The van der Waals surface area contributed by atoms with E-state index in [0.717, 1.165) is 51.5 Å². The molecule has 1 heterocycles. The zero-order valence-corrected chi connectivity index (χ0v) is 16.1. The van der Waals surface area contributed by atoms with E-state index in [4.69, 9.17) is 0 Å². The maximum absolute atomic E-state index is 12.1. The maximum Gasteiger partial charge on any atom is 0.305 e. The van der Waals surface area contributed by atoms with Gasteiger partial charge in [-0.3, -0.25) is 9.59 Å². The molecule has 1 rings (SSSR count). The van der Waals surface area contributed by atoms with Gasteiger partial charge in [0.05, 0.1) is 13.2 Å². The molecule has 0 saturated carbocycles. The third-order valence-corrected chi connectivity index (χ3v) is 4.66. The summed E-state index contributed by atoms with van der Waals surface area (Å²) in [5.74, 6) is 6.75. The highest BCUT2D eigenvalue weighted by Crippen LogP contribution is 2.21. The van der Waals surface area contributed by atoms with Crippen LogP contribution in [0.4, 0.5) is 0 Å². The van der Waals surface area contributed by atoms with E-state index in [0.29, 0.717) is 18.8 Å². The van der Waals surface area contributed by atoms with Gasteiger partial charge in [-0.25, -0.2) is 0 Å². The fraction of sp³-hybridized carbons (Fsp3) is 0.714. The van der Waals surface area contributed by atoms with Crippen LogP contribution in [0, 0.1) is 17.8 Å². The van der Waals surface area contributed by atoms with Crippen molar-refractivity contribution < 1.29 is 14.3 Å². The van der Waals surface area contributed by atoms with Crippen molar-refractivity contribution in [2.45, 2.75) is 77.7 Å². The zero-order chi connectivity index (χ0) is 18.5. The van der Waals surface area contributed by atoms with Gasteiger partial charge in [-0.2, -0.15) is 0 Å². The monoisotopic (exact) mass is 347 g/mol. The second-order valence-electron chi connectivity index (χ2n) is 6.83. The molecule has 0 N–H and O–H groups in total. The van der Waals surface area contributed by atoms with Gasteiger partial charge in [0.2, 0.25) is 5.91 Å². The molecule has 4 nitrogen and oxygen atoms in total. The van der Waals surface area contributed by atoms with Crippen molar-refractivity contribution in [1.82, 2.24) is 4.90 Å². The number of unbranched alkanes of at least 4 members (excludes halogenated alkanes) is 3. The molecule has 1 saturated heterocycles. The van der Waals surface area contributed by atoms with Crippen LogP contribution >= 0.6 is 0 Å². The Kier molecular flexibility index (Phi) is 10.7. The molecule has 0 aromatic carbocycles. The molecule has 0 aliphatic carbocycles. The molecule has 140 valence electrons. The lowest BCUT2D eigenvalue weighted by Gasteiger charge is -2.22. The Morgan fingerprint density at radius 3 is 2.84 bits per heavy atom. The molecule has 0 spiro atoms. The van der Waals surface area contributed by atoms with Crippen molar-refractivity contribution in [3.8, 4) is 11.8 Å². The van der Waals surface area contributed by atoms with Crippen LogP contribution in [0.2, 0.25) is 0 Å². The van der Waals surface area contributed by atoms with Gasteiger partial charge in [0.25, 0.3) is 0 Å². The number of carbonyl (C=O) groups excluding carboxylic acids is 2. The smallest absolute Gasteiger partial charge is 0.305 e. The number of hydrogen-bond donors (Lipinski definition) is 0. The zero-order valence-electron chi connectivity index (χ0n) is 16.1. The molecule has 0 bridgehead atoms. The summed E-state index contributed by atoms with van der Waals surface area (Å²) in [5.41, 5.74) is 0. The quantitative estimate of drug-likeness (QED) is 0.245. The van der Waals surface area contributed by atoms with Crippen molar-refractivity contribution >= 4 is 11.9 Å². The Morgan fingerprint density at radius 2 is 2.12 bits per heavy atom. The lowest BCUT2D eigenvalue weighted by atomic mass is 10.0. The lowest BCUT2D eigenvalue weighted by molar-refractivity contribution is -0.140. The largest absolute Gasteiger partial charge is 0.469 e. The average molecular weight is 347 g/mol.